The van der Waals surface area contributed by atoms with E-state index in [0.29, 0.717) is 6.54 Å². The Hall–Kier alpha value is -0.680. The Morgan fingerprint density at radius 3 is 2.59 bits per heavy atom. The van der Waals surface area contributed by atoms with Crippen molar-refractivity contribution in [1.82, 2.24) is 0 Å². The summed E-state index contributed by atoms with van der Waals surface area (Å²) in [5.41, 5.74) is 7.04. The lowest BCUT2D eigenvalue weighted by Gasteiger charge is -2.19. The van der Waals surface area contributed by atoms with Crippen LogP contribution in [0.3, 0.4) is 0 Å². The molecule has 3 N–H and O–H groups in total. The van der Waals surface area contributed by atoms with Gasteiger partial charge in [-0.15, -0.1) is 22.7 Å². The van der Waals surface area contributed by atoms with Crippen molar-refractivity contribution in [3.05, 3.63) is 43.8 Å². The van der Waals surface area contributed by atoms with Gasteiger partial charge in [0.05, 0.1) is 6.10 Å². The normalized spacial score (nSPS) is 14.8. The van der Waals surface area contributed by atoms with Crippen molar-refractivity contribution in [2.24, 2.45) is 5.73 Å². The molecule has 0 aliphatic carbocycles. The highest BCUT2D eigenvalue weighted by atomic mass is 32.1. The second-order valence-corrected chi connectivity index (χ2v) is 6.46. The molecule has 4 heteroatoms. The highest BCUT2D eigenvalue weighted by Gasteiger charge is 2.24. The molecule has 2 unspecified atom stereocenters. The fourth-order valence-electron chi connectivity index (χ4n) is 1.85. The first-order valence-corrected chi connectivity index (χ1v) is 7.31. The molecular weight excluding hydrogens is 250 g/mol. The lowest BCUT2D eigenvalue weighted by Crippen LogP contribution is -2.18. The smallest absolute Gasteiger partial charge is 0.0970 e. The van der Waals surface area contributed by atoms with Gasteiger partial charge < -0.3 is 10.8 Å². The van der Waals surface area contributed by atoms with Gasteiger partial charge in [0.15, 0.2) is 0 Å². The number of hydrogen-bond donors (Lipinski definition) is 2. The molecule has 2 aromatic rings. The average Bonchev–Trinajstić information content (AvgIpc) is 2.91. The summed E-state index contributed by atoms with van der Waals surface area (Å²) in [7, 11) is 0. The summed E-state index contributed by atoms with van der Waals surface area (Å²) >= 11 is 3.32. The molecule has 17 heavy (non-hydrogen) atoms. The highest BCUT2D eigenvalue weighted by molar-refractivity contribution is 7.12. The molecule has 2 nitrogen and oxygen atoms in total. The van der Waals surface area contributed by atoms with E-state index in [-0.39, 0.29) is 5.92 Å². The third-order valence-electron chi connectivity index (χ3n) is 3.02. The summed E-state index contributed by atoms with van der Waals surface area (Å²) < 4.78 is 0. The van der Waals surface area contributed by atoms with E-state index < -0.39 is 6.10 Å². The minimum atomic E-state index is -0.490. The lowest BCUT2D eigenvalue weighted by molar-refractivity contribution is 0.152. The third kappa shape index (κ3) is 2.60. The number of nitrogens with two attached hydrogens (primary N) is 1. The summed E-state index contributed by atoms with van der Waals surface area (Å²) in [4.78, 5) is 3.44. The van der Waals surface area contributed by atoms with Crippen LogP contribution in [0.1, 0.15) is 32.2 Å². The molecule has 0 radical (unpaired) electrons. The van der Waals surface area contributed by atoms with Gasteiger partial charge in [-0.2, -0.15) is 0 Å². The Morgan fingerprint density at radius 1 is 1.35 bits per heavy atom. The van der Waals surface area contributed by atoms with Crippen LogP contribution in [0.4, 0.5) is 0 Å². The van der Waals surface area contributed by atoms with Crippen LogP contribution in [-0.2, 0) is 0 Å². The van der Waals surface area contributed by atoms with Crippen LogP contribution in [0, 0.1) is 13.8 Å². The second-order valence-electron chi connectivity index (χ2n) is 4.19. The Kier molecular flexibility index (Phi) is 3.99. The van der Waals surface area contributed by atoms with E-state index >= 15 is 0 Å². The van der Waals surface area contributed by atoms with Gasteiger partial charge in [-0.05, 0) is 36.9 Å². The highest BCUT2D eigenvalue weighted by Crippen LogP contribution is 2.36. The number of aliphatic hydroxyl groups is 1. The third-order valence-corrected chi connectivity index (χ3v) is 5.25. The molecule has 0 bridgehead atoms. The standard InChI is InChI=1S/C13H17NOS2/c1-8-6-12(17-9(8)2)13(15)10(7-14)11-4-3-5-16-11/h3-6,10,13,15H,7,14H2,1-2H3. The molecule has 0 saturated carbocycles. The van der Waals surface area contributed by atoms with Crippen LogP contribution >= 0.6 is 22.7 Å². The van der Waals surface area contributed by atoms with E-state index in [1.807, 2.05) is 17.5 Å². The summed E-state index contributed by atoms with van der Waals surface area (Å²) in [5.74, 6) is 0.00690. The van der Waals surface area contributed by atoms with Crippen molar-refractivity contribution in [3.8, 4) is 0 Å². The first-order chi connectivity index (χ1) is 8.13. The summed E-state index contributed by atoms with van der Waals surface area (Å²) in [5, 5.41) is 12.5. The molecule has 0 aliphatic heterocycles. The molecule has 2 heterocycles. The number of aryl methyl sites for hydroxylation is 2. The molecule has 2 atom stereocenters. The minimum Gasteiger partial charge on any atom is -0.387 e. The SMILES string of the molecule is Cc1cc(C(O)C(CN)c2cccs2)sc1C. The maximum Gasteiger partial charge on any atom is 0.0970 e. The maximum atomic E-state index is 10.4. The van der Waals surface area contributed by atoms with E-state index in [1.165, 1.54) is 10.4 Å². The molecule has 2 aromatic heterocycles. The number of thiophene rings is 2. The molecule has 0 amide bonds. The van der Waals surface area contributed by atoms with Gasteiger partial charge in [0.25, 0.3) is 0 Å². The predicted molar refractivity (Wildman–Crippen MR) is 74.9 cm³/mol. The Bertz CT molecular complexity index is 456. The minimum absolute atomic E-state index is 0.00690. The first-order valence-electron chi connectivity index (χ1n) is 5.62. The van der Waals surface area contributed by atoms with Crippen molar-refractivity contribution in [1.29, 1.82) is 0 Å². The zero-order valence-electron chi connectivity index (χ0n) is 10.0. The van der Waals surface area contributed by atoms with Crippen LogP contribution < -0.4 is 5.73 Å². The molecule has 0 aliphatic rings. The first kappa shape index (κ1) is 12.8. The maximum absolute atomic E-state index is 10.4. The zero-order chi connectivity index (χ0) is 12.4. The van der Waals surface area contributed by atoms with Crippen LogP contribution in [0.15, 0.2) is 23.6 Å². The summed E-state index contributed by atoms with van der Waals surface area (Å²) in [6.07, 6.45) is -0.490. The fraction of sp³-hybridized carbons (Fsp3) is 0.385. The number of hydrogen-bond acceptors (Lipinski definition) is 4. The predicted octanol–water partition coefficient (Wildman–Crippen LogP) is 3.20. The van der Waals surface area contributed by atoms with E-state index in [9.17, 15) is 5.11 Å². The number of aliphatic hydroxyl groups excluding tert-OH is 1. The van der Waals surface area contributed by atoms with Crippen molar-refractivity contribution in [3.63, 3.8) is 0 Å². The van der Waals surface area contributed by atoms with E-state index in [2.05, 4.69) is 19.9 Å². The van der Waals surface area contributed by atoms with Gasteiger partial charge in [0, 0.05) is 27.1 Å². The quantitative estimate of drug-likeness (QED) is 0.893. The van der Waals surface area contributed by atoms with Crippen LogP contribution in [0.5, 0.6) is 0 Å². The van der Waals surface area contributed by atoms with Crippen LogP contribution in [-0.4, -0.2) is 11.7 Å². The van der Waals surface area contributed by atoms with Crippen molar-refractivity contribution in [2.75, 3.05) is 6.54 Å². The van der Waals surface area contributed by atoms with Gasteiger partial charge >= 0.3 is 0 Å². The van der Waals surface area contributed by atoms with Gasteiger partial charge in [0.1, 0.15) is 0 Å². The molecule has 0 spiro atoms. The van der Waals surface area contributed by atoms with Gasteiger partial charge in [-0.1, -0.05) is 6.07 Å². The topological polar surface area (TPSA) is 46.2 Å². The second kappa shape index (κ2) is 5.31. The Balaban J connectivity index is 2.26. The van der Waals surface area contributed by atoms with Crippen molar-refractivity contribution in [2.45, 2.75) is 25.9 Å². The monoisotopic (exact) mass is 267 g/mol. The molecule has 0 fully saturated rings. The van der Waals surface area contributed by atoms with Gasteiger partial charge in [0.2, 0.25) is 0 Å². The van der Waals surface area contributed by atoms with Crippen molar-refractivity contribution < 1.29 is 5.11 Å². The van der Waals surface area contributed by atoms with E-state index in [4.69, 9.17) is 5.73 Å². The molecule has 0 aromatic carbocycles. The van der Waals surface area contributed by atoms with Crippen molar-refractivity contribution >= 4 is 22.7 Å². The lowest BCUT2D eigenvalue weighted by atomic mass is 9.99. The number of rotatable bonds is 4. The molecule has 0 saturated heterocycles. The van der Waals surface area contributed by atoms with Crippen LogP contribution in [0.2, 0.25) is 0 Å². The van der Waals surface area contributed by atoms with Crippen LogP contribution in [0.25, 0.3) is 0 Å². The summed E-state index contributed by atoms with van der Waals surface area (Å²) in [6.45, 7) is 4.63. The largest absolute Gasteiger partial charge is 0.387 e. The Labute approximate surface area is 110 Å². The fourth-order valence-corrected chi connectivity index (χ4v) is 3.81. The molecular formula is C13H17NOS2. The molecule has 92 valence electrons. The van der Waals surface area contributed by atoms with Gasteiger partial charge in [-0.25, -0.2) is 0 Å². The van der Waals surface area contributed by atoms with E-state index in [0.717, 1.165) is 9.75 Å². The van der Waals surface area contributed by atoms with Gasteiger partial charge in [-0.3, -0.25) is 0 Å². The Morgan fingerprint density at radius 2 is 2.12 bits per heavy atom. The van der Waals surface area contributed by atoms with E-state index in [1.54, 1.807) is 22.7 Å². The molecule has 2 rings (SSSR count). The zero-order valence-corrected chi connectivity index (χ0v) is 11.6. The summed E-state index contributed by atoms with van der Waals surface area (Å²) in [6, 6.07) is 6.11. The average molecular weight is 267 g/mol.